The van der Waals surface area contributed by atoms with Crippen LogP contribution in [0.2, 0.25) is 0 Å². The lowest BCUT2D eigenvalue weighted by Crippen LogP contribution is -2.24. The van der Waals surface area contributed by atoms with Gasteiger partial charge in [-0.3, -0.25) is 4.79 Å². The Morgan fingerprint density at radius 2 is 2.31 bits per heavy atom. The largest absolute Gasteiger partial charge is 0.466 e. The van der Waals surface area contributed by atoms with Crippen LogP contribution >= 0.6 is 0 Å². The van der Waals surface area contributed by atoms with Gasteiger partial charge in [0.1, 0.15) is 5.82 Å². The maximum Gasteiger partial charge on any atom is 0.309 e. The molecule has 1 atom stereocenters. The minimum atomic E-state index is -0.233. The van der Waals surface area contributed by atoms with Gasteiger partial charge in [-0.25, -0.2) is 4.39 Å². The lowest BCUT2D eigenvalue weighted by atomic mass is 9.84. The Hall–Kier alpha value is -1.38. The highest BCUT2D eigenvalue weighted by Gasteiger charge is 2.25. The number of fused-ring (bicyclic) bond motifs is 1. The van der Waals surface area contributed by atoms with Crippen LogP contribution in [0.1, 0.15) is 24.5 Å². The average molecular weight is 222 g/mol. The van der Waals surface area contributed by atoms with Crippen LogP contribution in [0.15, 0.2) is 18.2 Å². The van der Waals surface area contributed by atoms with Crippen LogP contribution in [0, 0.1) is 11.7 Å². The Morgan fingerprint density at radius 3 is 3.06 bits per heavy atom. The van der Waals surface area contributed by atoms with Gasteiger partial charge < -0.3 is 4.74 Å². The van der Waals surface area contributed by atoms with Crippen LogP contribution in [-0.4, -0.2) is 12.6 Å². The molecule has 1 aromatic carbocycles. The molecule has 0 radical (unpaired) electrons. The van der Waals surface area contributed by atoms with Crippen molar-refractivity contribution in [3.05, 3.63) is 35.1 Å². The molecule has 0 aliphatic heterocycles. The minimum absolute atomic E-state index is 0.103. The first-order chi connectivity index (χ1) is 7.70. The van der Waals surface area contributed by atoms with E-state index in [-0.39, 0.29) is 17.7 Å². The smallest absolute Gasteiger partial charge is 0.309 e. The van der Waals surface area contributed by atoms with Crippen LogP contribution < -0.4 is 0 Å². The van der Waals surface area contributed by atoms with Gasteiger partial charge in [0, 0.05) is 0 Å². The summed E-state index contributed by atoms with van der Waals surface area (Å²) in [5.74, 6) is -0.491. The van der Waals surface area contributed by atoms with Crippen molar-refractivity contribution < 1.29 is 13.9 Å². The molecule has 2 nitrogen and oxygen atoms in total. The first kappa shape index (κ1) is 11.1. The van der Waals surface area contributed by atoms with Crippen LogP contribution in [0.4, 0.5) is 4.39 Å². The van der Waals surface area contributed by atoms with Crippen molar-refractivity contribution in [1.82, 2.24) is 0 Å². The van der Waals surface area contributed by atoms with Gasteiger partial charge in [0.15, 0.2) is 0 Å². The molecule has 0 fully saturated rings. The summed E-state index contributed by atoms with van der Waals surface area (Å²) in [7, 11) is 0. The molecule has 0 N–H and O–H groups in total. The van der Waals surface area contributed by atoms with E-state index in [9.17, 15) is 9.18 Å². The minimum Gasteiger partial charge on any atom is -0.466 e. The lowest BCUT2D eigenvalue weighted by molar-refractivity contribution is -0.148. The zero-order valence-corrected chi connectivity index (χ0v) is 9.33. The van der Waals surface area contributed by atoms with Crippen molar-refractivity contribution in [3.63, 3.8) is 0 Å². The van der Waals surface area contributed by atoms with Gasteiger partial charge in [0.2, 0.25) is 0 Å². The Balaban J connectivity index is 2.13. The Kier molecular flexibility index (Phi) is 3.22. The van der Waals surface area contributed by atoms with Crippen molar-refractivity contribution in [1.29, 1.82) is 0 Å². The number of carbonyl (C=O) groups excluding carboxylic acids is 1. The van der Waals surface area contributed by atoms with Crippen molar-refractivity contribution in [2.75, 3.05) is 6.61 Å². The molecule has 0 bridgehead atoms. The summed E-state index contributed by atoms with van der Waals surface area (Å²) in [5, 5.41) is 0. The van der Waals surface area contributed by atoms with E-state index in [1.165, 1.54) is 12.1 Å². The molecule has 0 aromatic heterocycles. The van der Waals surface area contributed by atoms with Gasteiger partial charge in [-0.1, -0.05) is 6.07 Å². The maximum absolute atomic E-state index is 13.1. The van der Waals surface area contributed by atoms with E-state index < -0.39 is 0 Å². The molecule has 1 unspecified atom stereocenters. The number of esters is 1. The fourth-order valence-corrected chi connectivity index (χ4v) is 2.19. The number of rotatable bonds is 2. The number of halogens is 1. The highest BCUT2D eigenvalue weighted by Crippen LogP contribution is 2.26. The summed E-state index contributed by atoms with van der Waals surface area (Å²) in [6.45, 7) is 2.21. The molecule has 86 valence electrons. The monoisotopic (exact) mass is 222 g/mol. The van der Waals surface area contributed by atoms with E-state index in [0.29, 0.717) is 13.0 Å². The molecular formula is C13H15FO2. The van der Waals surface area contributed by atoms with Crippen LogP contribution in [0.3, 0.4) is 0 Å². The van der Waals surface area contributed by atoms with Gasteiger partial charge in [-0.05, 0) is 49.4 Å². The van der Waals surface area contributed by atoms with Crippen molar-refractivity contribution in [2.45, 2.75) is 26.2 Å². The highest BCUT2D eigenvalue weighted by atomic mass is 19.1. The molecule has 1 aliphatic carbocycles. The normalized spacial score (nSPS) is 19.0. The topological polar surface area (TPSA) is 26.3 Å². The molecule has 0 heterocycles. The van der Waals surface area contributed by atoms with Gasteiger partial charge in [-0.15, -0.1) is 0 Å². The van der Waals surface area contributed by atoms with E-state index in [4.69, 9.17) is 4.74 Å². The fourth-order valence-electron chi connectivity index (χ4n) is 2.19. The molecule has 16 heavy (non-hydrogen) atoms. The summed E-state index contributed by atoms with van der Waals surface area (Å²) in [5.41, 5.74) is 2.10. The second-order valence-electron chi connectivity index (χ2n) is 4.10. The number of carbonyl (C=O) groups is 1. The first-order valence-corrected chi connectivity index (χ1v) is 5.64. The summed E-state index contributed by atoms with van der Waals surface area (Å²) >= 11 is 0. The third-order valence-corrected chi connectivity index (χ3v) is 3.02. The number of hydrogen-bond acceptors (Lipinski definition) is 2. The molecule has 1 aliphatic rings. The molecule has 0 amide bonds. The third-order valence-electron chi connectivity index (χ3n) is 3.02. The van der Waals surface area contributed by atoms with E-state index in [1.807, 2.05) is 6.07 Å². The summed E-state index contributed by atoms with van der Waals surface area (Å²) < 4.78 is 18.0. The second-order valence-corrected chi connectivity index (χ2v) is 4.10. The molecule has 0 saturated heterocycles. The van der Waals surface area contributed by atoms with Crippen LogP contribution in [0.5, 0.6) is 0 Å². The van der Waals surface area contributed by atoms with Crippen LogP contribution in [0.25, 0.3) is 0 Å². The number of ether oxygens (including phenoxy) is 1. The Morgan fingerprint density at radius 1 is 1.50 bits per heavy atom. The predicted octanol–water partition coefficient (Wildman–Crippen LogP) is 2.49. The van der Waals surface area contributed by atoms with Gasteiger partial charge >= 0.3 is 5.97 Å². The van der Waals surface area contributed by atoms with Crippen molar-refractivity contribution in [2.24, 2.45) is 5.92 Å². The van der Waals surface area contributed by atoms with E-state index in [2.05, 4.69) is 0 Å². The molecule has 3 heteroatoms. The second kappa shape index (κ2) is 4.64. The zero-order valence-electron chi connectivity index (χ0n) is 9.33. The molecule has 2 rings (SSSR count). The molecule has 0 saturated carbocycles. The number of aryl methyl sites for hydroxylation is 1. The fraction of sp³-hybridized carbons (Fsp3) is 0.462. The maximum atomic E-state index is 13.1. The van der Waals surface area contributed by atoms with Crippen molar-refractivity contribution in [3.8, 4) is 0 Å². The Bertz CT molecular complexity index is 401. The zero-order chi connectivity index (χ0) is 11.5. The number of benzene rings is 1. The van der Waals surface area contributed by atoms with Gasteiger partial charge in [0.05, 0.1) is 12.5 Å². The van der Waals surface area contributed by atoms with Gasteiger partial charge in [-0.2, -0.15) is 0 Å². The van der Waals surface area contributed by atoms with Gasteiger partial charge in [0.25, 0.3) is 0 Å². The van der Waals surface area contributed by atoms with E-state index in [0.717, 1.165) is 24.0 Å². The SMILES string of the molecule is CCOC(=O)C1CCc2ccc(F)cc2C1. The van der Waals surface area contributed by atoms with E-state index in [1.54, 1.807) is 6.92 Å². The molecule has 0 spiro atoms. The Labute approximate surface area is 94.4 Å². The van der Waals surface area contributed by atoms with Crippen LogP contribution in [-0.2, 0) is 22.4 Å². The predicted molar refractivity (Wildman–Crippen MR) is 58.5 cm³/mol. The summed E-state index contributed by atoms with van der Waals surface area (Å²) in [6.07, 6.45) is 2.24. The highest BCUT2D eigenvalue weighted by molar-refractivity contribution is 5.73. The standard InChI is InChI=1S/C13H15FO2/c1-2-16-13(15)10-4-3-9-5-6-12(14)8-11(9)7-10/h5-6,8,10H,2-4,7H2,1H3. The third kappa shape index (κ3) is 2.23. The van der Waals surface area contributed by atoms with Crippen molar-refractivity contribution >= 4 is 5.97 Å². The summed E-state index contributed by atoms with van der Waals surface area (Å²) in [4.78, 5) is 11.6. The lowest BCUT2D eigenvalue weighted by Gasteiger charge is -2.22. The summed E-state index contributed by atoms with van der Waals surface area (Å²) in [6, 6.07) is 4.82. The number of hydrogen-bond donors (Lipinski definition) is 0. The molecule has 1 aromatic rings. The van der Waals surface area contributed by atoms with E-state index >= 15 is 0 Å². The first-order valence-electron chi connectivity index (χ1n) is 5.64. The average Bonchev–Trinajstić information content (AvgIpc) is 2.28. The molecular weight excluding hydrogens is 207 g/mol. The quantitative estimate of drug-likeness (QED) is 0.719.